The Morgan fingerprint density at radius 3 is 2.41 bits per heavy atom. The predicted octanol–water partition coefficient (Wildman–Crippen LogP) is 10.2. The lowest BCUT2D eigenvalue weighted by atomic mass is 10.0. The van der Waals surface area contributed by atoms with Gasteiger partial charge in [-0.3, -0.25) is 0 Å². The van der Waals surface area contributed by atoms with Gasteiger partial charge in [-0.2, -0.15) is 5.26 Å². The van der Waals surface area contributed by atoms with E-state index in [2.05, 4.69) is 84.4 Å². The van der Waals surface area contributed by atoms with Crippen molar-refractivity contribution in [2.75, 3.05) is 18.0 Å². The molecule has 2 aromatic heterocycles. The fourth-order valence-electron chi connectivity index (χ4n) is 4.70. The number of allylic oxidation sites excluding steroid dienone is 1. The number of benzene rings is 3. The van der Waals surface area contributed by atoms with Gasteiger partial charge in [-0.25, -0.2) is 4.98 Å². The van der Waals surface area contributed by atoms with Crippen LogP contribution in [0.15, 0.2) is 77.0 Å². The summed E-state index contributed by atoms with van der Waals surface area (Å²) in [5.74, 6) is 0. The largest absolute Gasteiger partial charge is 0.372 e. The Labute approximate surface area is 237 Å². The molecule has 0 fully saturated rings. The third kappa shape index (κ3) is 5.93. The fourth-order valence-corrected chi connectivity index (χ4v) is 6.69. The molecule has 0 saturated carbocycles. The maximum atomic E-state index is 9.79. The Balaban J connectivity index is 1.37. The number of hydrogen-bond donors (Lipinski definition) is 0. The molecule has 196 valence electrons. The van der Waals surface area contributed by atoms with Gasteiger partial charge in [-0.1, -0.05) is 73.2 Å². The van der Waals surface area contributed by atoms with Gasteiger partial charge in [0.2, 0.25) is 5.13 Å². The van der Waals surface area contributed by atoms with Crippen LogP contribution in [0.3, 0.4) is 0 Å². The van der Waals surface area contributed by atoms with Gasteiger partial charge in [-0.15, -0.1) is 21.6 Å². The third-order valence-corrected chi connectivity index (χ3v) is 8.81. The summed E-state index contributed by atoms with van der Waals surface area (Å²) in [7, 11) is 0. The first-order valence-corrected chi connectivity index (χ1v) is 15.1. The Morgan fingerprint density at radius 2 is 1.72 bits per heavy atom. The highest BCUT2D eigenvalue weighted by atomic mass is 32.1. The fraction of sp³-hybridized carbons (Fsp3) is 0.250. The molecule has 0 aliphatic rings. The van der Waals surface area contributed by atoms with Crippen molar-refractivity contribution in [1.29, 1.82) is 5.26 Å². The lowest BCUT2D eigenvalue weighted by Gasteiger charge is -2.23. The van der Waals surface area contributed by atoms with Crippen molar-refractivity contribution in [2.45, 2.75) is 40.0 Å². The molecule has 7 heteroatoms. The average Bonchev–Trinajstić information content (AvgIpc) is 3.53. The summed E-state index contributed by atoms with van der Waals surface area (Å²) in [6.07, 6.45) is 5.39. The molecule has 0 N–H and O–H groups in total. The van der Waals surface area contributed by atoms with Crippen molar-refractivity contribution in [3.8, 4) is 6.07 Å². The molecule has 0 saturated heterocycles. The van der Waals surface area contributed by atoms with Crippen molar-refractivity contribution >= 4 is 71.1 Å². The molecule has 0 radical (unpaired) electrons. The van der Waals surface area contributed by atoms with Crippen LogP contribution in [-0.4, -0.2) is 18.1 Å². The van der Waals surface area contributed by atoms with Gasteiger partial charge in [0.25, 0.3) is 0 Å². The SMILES string of the molecule is CCCCc1ccc(/C(C#N)=C/c2cc3sc(N=Nc4ccc(N(CC)CC)c5ccccc45)nc3s2)cc1. The van der Waals surface area contributed by atoms with E-state index in [1.807, 2.05) is 30.3 Å². The Bertz CT molecular complexity index is 1650. The number of fused-ring (bicyclic) bond motifs is 2. The van der Waals surface area contributed by atoms with Gasteiger partial charge in [0.05, 0.1) is 22.0 Å². The molecule has 0 spiro atoms. The quantitative estimate of drug-likeness (QED) is 0.129. The van der Waals surface area contributed by atoms with Crippen LogP contribution in [0.4, 0.5) is 16.5 Å². The molecule has 39 heavy (non-hydrogen) atoms. The van der Waals surface area contributed by atoms with E-state index in [0.717, 1.165) is 50.6 Å². The molecule has 5 nitrogen and oxygen atoms in total. The predicted molar refractivity (Wildman–Crippen MR) is 168 cm³/mol. The zero-order valence-electron chi connectivity index (χ0n) is 22.5. The lowest BCUT2D eigenvalue weighted by Crippen LogP contribution is -2.21. The molecule has 3 aromatic carbocycles. The molecule has 0 amide bonds. The first-order valence-electron chi connectivity index (χ1n) is 13.4. The van der Waals surface area contributed by atoms with E-state index in [9.17, 15) is 5.26 Å². The lowest BCUT2D eigenvalue weighted by molar-refractivity contribution is 0.795. The van der Waals surface area contributed by atoms with Gasteiger partial charge >= 0.3 is 0 Å². The van der Waals surface area contributed by atoms with Crippen molar-refractivity contribution in [1.82, 2.24) is 4.98 Å². The second-order valence-corrected chi connectivity index (χ2v) is 11.4. The number of thiazole rings is 1. The first-order chi connectivity index (χ1) is 19.1. The van der Waals surface area contributed by atoms with E-state index in [4.69, 9.17) is 4.98 Å². The van der Waals surface area contributed by atoms with Crippen molar-refractivity contribution in [3.63, 3.8) is 0 Å². The number of rotatable bonds is 10. The van der Waals surface area contributed by atoms with Crippen LogP contribution >= 0.6 is 22.7 Å². The minimum Gasteiger partial charge on any atom is -0.372 e. The van der Waals surface area contributed by atoms with Crippen LogP contribution in [0.2, 0.25) is 0 Å². The Hall–Kier alpha value is -3.86. The van der Waals surface area contributed by atoms with Crippen LogP contribution in [0, 0.1) is 11.3 Å². The minimum absolute atomic E-state index is 0.631. The van der Waals surface area contributed by atoms with Gasteiger partial charge < -0.3 is 4.90 Å². The number of nitrogens with zero attached hydrogens (tertiary/aromatic N) is 5. The Morgan fingerprint density at radius 1 is 0.949 bits per heavy atom. The van der Waals surface area contributed by atoms with Crippen molar-refractivity contribution in [3.05, 3.63) is 82.7 Å². The minimum atomic E-state index is 0.631. The van der Waals surface area contributed by atoms with Gasteiger partial charge in [0.15, 0.2) is 0 Å². The van der Waals surface area contributed by atoms with E-state index in [0.29, 0.717) is 10.7 Å². The highest BCUT2D eigenvalue weighted by Crippen LogP contribution is 2.38. The number of anilines is 1. The smallest absolute Gasteiger partial charge is 0.231 e. The summed E-state index contributed by atoms with van der Waals surface area (Å²) >= 11 is 3.09. The maximum absolute atomic E-state index is 9.79. The summed E-state index contributed by atoms with van der Waals surface area (Å²) in [4.78, 5) is 8.98. The zero-order valence-corrected chi connectivity index (χ0v) is 24.1. The normalized spacial score (nSPS) is 12.0. The highest BCUT2D eigenvalue weighted by Gasteiger charge is 2.12. The maximum Gasteiger partial charge on any atom is 0.231 e. The van der Waals surface area contributed by atoms with E-state index in [1.54, 1.807) is 11.3 Å². The third-order valence-electron chi connectivity index (χ3n) is 6.81. The summed E-state index contributed by atoms with van der Waals surface area (Å²) in [5.41, 5.74) is 4.97. The number of aryl methyl sites for hydroxylation is 1. The molecular formula is C32H31N5S2. The second-order valence-electron chi connectivity index (χ2n) is 9.31. The molecule has 0 aliphatic carbocycles. The molecule has 5 rings (SSSR count). The highest BCUT2D eigenvalue weighted by molar-refractivity contribution is 7.29. The summed E-state index contributed by atoms with van der Waals surface area (Å²) in [6, 6.07) is 25.3. The summed E-state index contributed by atoms with van der Waals surface area (Å²) < 4.78 is 1.05. The number of thiophene rings is 1. The van der Waals surface area contributed by atoms with Gasteiger partial charge in [-0.05, 0) is 62.1 Å². The molecule has 0 aliphatic heterocycles. The van der Waals surface area contributed by atoms with Gasteiger partial charge in [0.1, 0.15) is 4.83 Å². The van der Waals surface area contributed by atoms with E-state index in [-0.39, 0.29) is 0 Å². The van der Waals surface area contributed by atoms with Crippen LogP contribution in [-0.2, 0) is 6.42 Å². The monoisotopic (exact) mass is 549 g/mol. The average molecular weight is 550 g/mol. The molecule has 2 heterocycles. The zero-order chi connectivity index (χ0) is 27.2. The number of nitriles is 1. The standard InChI is InChI=1S/C32H31N5S2/c1-4-7-10-22-13-15-23(16-14-22)24(21-33)19-25-20-30-31(38-25)34-32(39-30)36-35-28-17-18-29(37(5-2)6-3)27-12-9-8-11-26(27)28/h8-9,11-20H,4-7,10H2,1-3H3/b24-19+,36-35?. The number of unbranched alkanes of at least 4 members (excludes halogenated alkanes) is 1. The van der Waals surface area contributed by atoms with Gasteiger partial charge in [0, 0.05) is 34.4 Å². The molecule has 5 aromatic rings. The van der Waals surface area contributed by atoms with Crippen LogP contribution in [0.5, 0.6) is 0 Å². The van der Waals surface area contributed by atoms with E-state index >= 15 is 0 Å². The second kappa shape index (κ2) is 12.3. The number of azo groups is 1. The van der Waals surface area contributed by atoms with Crippen molar-refractivity contribution < 1.29 is 0 Å². The Kier molecular flexibility index (Phi) is 8.45. The number of aromatic nitrogens is 1. The topological polar surface area (TPSA) is 64.6 Å². The molecular weight excluding hydrogens is 519 g/mol. The van der Waals surface area contributed by atoms with Crippen molar-refractivity contribution in [2.24, 2.45) is 10.2 Å². The molecule has 0 atom stereocenters. The first kappa shape index (κ1) is 26.7. The number of hydrogen-bond acceptors (Lipinski definition) is 7. The molecule has 0 unspecified atom stereocenters. The van der Waals surface area contributed by atoms with Crippen LogP contribution in [0.25, 0.3) is 32.0 Å². The summed E-state index contributed by atoms with van der Waals surface area (Å²) in [5, 5.41) is 21.8. The van der Waals surface area contributed by atoms with Crippen LogP contribution < -0.4 is 4.90 Å². The summed E-state index contributed by atoms with van der Waals surface area (Å²) in [6.45, 7) is 8.46. The van der Waals surface area contributed by atoms with E-state index < -0.39 is 0 Å². The molecule has 0 bridgehead atoms. The van der Waals surface area contributed by atoms with Crippen LogP contribution in [0.1, 0.15) is 49.6 Å². The van der Waals surface area contributed by atoms with E-state index in [1.165, 1.54) is 40.8 Å².